The van der Waals surface area contributed by atoms with E-state index in [1.165, 1.54) is 24.3 Å². The zero-order valence-corrected chi connectivity index (χ0v) is 12.7. The molecule has 8 heteroatoms. The van der Waals surface area contributed by atoms with Gasteiger partial charge in [-0.1, -0.05) is 15.9 Å². The van der Waals surface area contributed by atoms with E-state index in [-0.39, 0.29) is 11.6 Å². The summed E-state index contributed by atoms with van der Waals surface area (Å²) in [4.78, 5) is 12.2. The van der Waals surface area contributed by atoms with Gasteiger partial charge in [0.15, 0.2) is 5.78 Å². The van der Waals surface area contributed by atoms with E-state index in [2.05, 4.69) is 15.9 Å². The van der Waals surface area contributed by atoms with Gasteiger partial charge in [0.05, 0.1) is 11.1 Å². The molecule has 0 unspecified atom stereocenters. The van der Waals surface area contributed by atoms with E-state index >= 15 is 0 Å². The minimum Gasteiger partial charge on any atom is -0.289 e. The van der Waals surface area contributed by atoms with Gasteiger partial charge in [-0.05, 0) is 42.5 Å². The Bertz CT molecular complexity index is 699. The minimum atomic E-state index is -4.99. The van der Waals surface area contributed by atoms with Crippen molar-refractivity contribution in [2.24, 2.45) is 0 Å². The van der Waals surface area contributed by atoms with Gasteiger partial charge < -0.3 is 0 Å². The summed E-state index contributed by atoms with van der Waals surface area (Å²) in [6, 6.07) is 6.36. The Morgan fingerprint density at radius 3 is 1.57 bits per heavy atom. The van der Waals surface area contributed by atoms with E-state index in [9.17, 15) is 31.1 Å². The van der Waals surface area contributed by atoms with Crippen molar-refractivity contribution >= 4 is 21.7 Å². The quantitative estimate of drug-likeness (QED) is 0.468. The molecule has 0 aromatic heterocycles. The maximum Gasteiger partial charge on any atom is 0.416 e. The summed E-state index contributed by atoms with van der Waals surface area (Å²) in [5.41, 5.74) is -3.73. The van der Waals surface area contributed by atoms with Gasteiger partial charge in [0.1, 0.15) is 0 Å². The molecule has 23 heavy (non-hydrogen) atoms. The van der Waals surface area contributed by atoms with Crippen LogP contribution in [0.25, 0.3) is 0 Å². The molecule has 0 amide bonds. The van der Waals surface area contributed by atoms with Crippen molar-refractivity contribution in [1.82, 2.24) is 0 Å². The topological polar surface area (TPSA) is 17.1 Å². The van der Waals surface area contributed by atoms with Crippen LogP contribution in [-0.2, 0) is 12.4 Å². The third-order valence-corrected chi connectivity index (χ3v) is 3.48. The Kier molecular flexibility index (Phi) is 4.57. The predicted octanol–water partition coefficient (Wildman–Crippen LogP) is 5.72. The largest absolute Gasteiger partial charge is 0.416 e. The highest BCUT2D eigenvalue weighted by atomic mass is 79.9. The molecule has 0 atom stereocenters. The number of hydrogen-bond donors (Lipinski definition) is 0. The Balaban J connectivity index is 2.57. The van der Waals surface area contributed by atoms with Crippen LogP contribution < -0.4 is 0 Å². The van der Waals surface area contributed by atoms with Crippen LogP contribution >= 0.6 is 15.9 Å². The lowest BCUT2D eigenvalue weighted by Crippen LogP contribution is -2.13. The molecule has 0 aliphatic rings. The molecule has 2 rings (SSSR count). The van der Waals surface area contributed by atoms with Crippen molar-refractivity contribution in [3.05, 3.63) is 69.2 Å². The van der Waals surface area contributed by atoms with Gasteiger partial charge in [-0.3, -0.25) is 4.79 Å². The number of alkyl halides is 6. The standard InChI is InChI=1S/C15H7BrF6O/c16-12-3-1-8(2-4-12)13(23)9-5-10(14(17,18)19)7-11(6-9)15(20,21)22/h1-7H. The van der Waals surface area contributed by atoms with Crippen LogP contribution in [0.2, 0.25) is 0 Å². The predicted molar refractivity (Wildman–Crippen MR) is 74.0 cm³/mol. The SMILES string of the molecule is O=C(c1ccc(Br)cc1)c1cc(C(F)(F)F)cc(C(F)(F)F)c1. The summed E-state index contributed by atoms with van der Waals surface area (Å²) < 4.78 is 77.2. The zero-order chi connectivity index (χ0) is 17.4. The molecule has 2 aromatic rings. The number of benzene rings is 2. The molecular weight excluding hydrogens is 390 g/mol. The summed E-state index contributed by atoms with van der Waals surface area (Å²) in [7, 11) is 0. The van der Waals surface area contributed by atoms with Crippen LogP contribution in [0.4, 0.5) is 26.3 Å². The third kappa shape index (κ3) is 4.13. The highest BCUT2D eigenvalue weighted by molar-refractivity contribution is 9.10. The molecule has 2 aromatic carbocycles. The molecule has 0 radical (unpaired) electrons. The smallest absolute Gasteiger partial charge is 0.289 e. The summed E-state index contributed by atoms with van der Waals surface area (Å²) >= 11 is 3.12. The first-order valence-corrected chi connectivity index (χ1v) is 6.87. The first-order valence-electron chi connectivity index (χ1n) is 6.08. The maximum atomic E-state index is 12.8. The monoisotopic (exact) mass is 396 g/mol. The van der Waals surface area contributed by atoms with E-state index in [4.69, 9.17) is 0 Å². The third-order valence-electron chi connectivity index (χ3n) is 2.96. The average molecular weight is 397 g/mol. The van der Waals surface area contributed by atoms with Crippen molar-refractivity contribution in [1.29, 1.82) is 0 Å². The number of hydrogen-bond acceptors (Lipinski definition) is 1. The van der Waals surface area contributed by atoms with Crippen LogP contribution in [0.15, 0.2) is 46.9 Å². The fraction of sp³-hybridized carbons (Fsp3) is 0.133. The lowest BCUT2D eigenvalue weighted by molar-refractivity contribution is -0.143. The molecule has 122 valence electrons. The molecule has 0 saturated heterocycles. The van der Waals surface area contributed by atoms with Gasteiger partial charge in [-0.25, -0.2) is 0 Å². The molecule has 0 aliphatic carbocycles. The molecule has 0 heterocycles. The Morgan fingerprint density at radius 2 is 1.17 bits per heavy atom. The average Bonchev–Trinajstić information content (AvgIpc) is 2.45. The van der Waals surface area contributed by atoms with Gasteiger partial charge in [-0.15, -0.1) is 0 Å². The van der Waals surface area contributed by atoms with E-state index in [0.29, 0.717) is 16.6 Å². The van der Waals surface area contributed by atoms with Crippen LogP contribution in [0.1, 0.15) is 27.0 Å². The first-order chi connectivity index (χ1) is 10.5. The number of halogens is 7. The summed E-state index contributed by atoms with van der Waals surface area (Å²) in [6.07, 6.45) is -9.98. The molecule has 0 aliphatic heterocycles. The minimum absolute atomic E-state index is 0.0133. The van der Waals surface area contributed by atoms with Gasteiger partial charge >= 0.3 is 12.4 Å². The Morgan fingerprint density at radius 1 is 0.739 bits per heavy atom. The van der Waals surface area contributed by atoms with E-state index in [1.807, 2.05) is 0 Å². The number of ketones is 1. The molecule has 0 spiro atoms. The van der Waals surface area contributed by atoms with Gasteiger partial charge in [0, 0.05) is 15.6 Å². The molecule has 0 N–H and O–H groups in total. The second kappa shape index (κ2) is 5.99. The van der Waals surface area contributed by atoms with Crippen LogP contribution in [0.5, 0.6) is 0 Å². The van der Waals surface area contributed by atoms with E-state index in [1.54, 1.807) is 0 Å². The second-order valence-electron chi connectivity index (χ2n) is 4.63. The molecule has 0 saturated carbocycles. The van der Waals surface area contributed by atoms with Crippen LogP contribution in [0, 0.1) is 0 Å². The normalized spacial score (nSPS) is 12.3. The molecule has 1 nitrogen and oxygen atoms in total. The second-order valence-corrected chi connectivity index (χ2v) is 5.55. The lowest BCUT2D eigenvalue weighted by atomic mass is 9.98. The summed E-state index contributed by atoms with van der Waals surface area (Å²) in [6.45, 7) is 0. The lowest BCUT2D eigenvalue weighted by Gasteiger charge is -2.13. The van der Waals surface area contributed by atoms with Crippen molar-refractivity contribution in [3.8, 4) is 0 Å². The van der Waals surface area contributed by atoms with Gasteiger partial charge in [0.25, 0.3) is 0 Å². The van der Waals surface area contributed by atoms with Crippen molar-refractivity contribution in [2.45, 2.75) is 12.4 Å². The first kappa shape index (κ1) is 17.5. The maximum absolute atomic E-state index is 12.8. The molecule has 0 fully saturated rings. The number of carbonyl (C=O) groups excluding carboxylic acids is 1. The zero-order valence-electron chi connectivity index (χ0n) is 11.1. The number of rotatable bonds is 2. The fourth-order valence-corrected chi connectivity index (χ4v) is 2.12. The van der Waals surface area contributed by atoms with Crippen LogP contribution in [-0.4, -0.2) is 5.78 Å². The fourth-order valence-electron chi connectivity index (χ4n) is 1.85. The van der Waals surface area contributed by atoms with Crippen molar-refractivity contribution in [3.63, 3.8) is 0 Å². The highest BCUT2D eigenvalue weighted by Crippen LogP contribution is 2.36. The Labute approximate surface area is 135 Å². The summed E-state index contributed by atoms with van der Waals surface area (Å²) in [5.74, 6) is -0.922. The van der Waals surface area contributed by atoms with Gasteiger partial charge in [-0.2, -0.15) is 26.3 Å². The number of carbonyl (C=O) groups is 1. The van der Waals surface area contributed by atoms with Crippen molar-refractivity contribution < 1.29 is 31.1 Å². The van der Waals surface area contributed by atoms with Crippen LogP contribution in [0.3, 0.4) is 0 Å². The van der Waals surface area contributed by atoms with E-state index in [0.717, 1.165) is 0 Å². The Hall–Kier alpha value is -1.83. The summed E-state index contributed by atoms with van der Waals surface area (Å²) in [5, 5.41) is 0. The van der Waals surface area contributed by atoms with E-state index < -0.39 is 34.8 Å². The molecule has 0 bridgehead atoms. The van der Waals surface area contributed by atoms with Crippen molar-refractivity contribution in [2.75, 3.05) is 0 Å². The highest BCUT2D eigenvalue weighted by Gasteiger charge is 2.37. The van der Waals surface area contributed by atoms with Gasteiger partial charge in [0.2, 0.25) is 0 Å². The molecular formula is C15H7BrF6O.